The maximum absolute atomic E-state index is 12.2. The maximum atomic E-state index is 12.2. The molecular weight excluding hydrogens is 304 g/mol. The third kappa shape index (κ3) is 3.89. The van der Waals surface area contributed by atoms with Gasteiger partial charge in [0.15, 0.2) is 0 Å². The molecule has 0 saturated heterocycles. The van der Waals surface area contributed by atoms with Crippen LogP contribution in [0.2, 0.25) is 0 Å². The average molecular weight is 330 g/mol. The summed E-state index contributed by atoms with van der Waals surface area (Å²) in [5.41, 5.74) is 0.719. The summed E-state index contributed by atoms with van der Waals surface area (Å²) in [5.74, 6) is 1.30. The van der Waals surface area contributed by atoms with E-state index >= 15 is 0 Å². The number of carbonyl (C=O) groups excluding carboxylic acids is 2. The van der Waals surface area contributed by atoms with Crippen molar-refractivity contribution in [1.82, 2.24) is 0 Å². The number of hydrogen-bond donors (Lipinski definition) is 2. The van der Waals surface area contributed by atoms with Crippen molar-refractivity contribution in [3.05, 3.63) is 18.2 Å². The zero-order chi connectivity index (χ0) is 17.2. The molecule has 1 fully saturated rings. The van der Waals surface area contributed by atoms with Crippen LogP contribution in [-0.2, 0) is 9.59 Å². The summed E-state index contributed by atoms with van der Waals surface area (Å²) >= 11 is 0. The van der Waals surface area contributed by atoms with E-state index in [1.807, 2.05) is 19.9 Å². The Bertz CT molecular complexity index is 633. The molecule has 0 unspecified atom stereocenters. The normalized spacial score (nSPS) is 19.8. The lowest BCUT2D eigenvalue weighted by molar-refractivity contribution is -0.125. The molecule has 0 aromatic heterocycles. The number of ether oxygens (including phenoxy) is 1. The summed E-state index contributed by atoms with van der Waals surface area (Å²) in [7, 11) is 0. The Hall–Kier alpha value is -2.04. The fraction of sp³-hybridized carbons (Fsp3) is 0.579. The second-order valence-electron chi connectivity index (χ2n) is 7.57. The van der Waals surface area contributed by atoms with Crippen LogP contribution in [0.25, 0.3) is 0 Å². The van der Waals surface area contributed by atoms with Crippen LogP contribution in [0.15, 0.2) is 18.2 Å². The summed E-state index contributed by atoms with van der Waals surface area (Å²) in [6.07, 6.45) is 6.62. The van der Waals surface area contributed by atoms with Crippen molar-refractivity contribution in [2.75, 3.05) is 17.2 Å². The van der Waals surface area contributed by atoms with E-state index in [-0.39, 0.29) is 11.8 Å². The molecular formula is C19H26N2O3. The second kappa shape index (κ2) is 6.83. The number of carbonyl (C=O) groups is 2. The van der Waals surface area contributed by atoms with Gasteiger partial charge in [0.25, 0.3) is 0 Å². The first-order valence-corrected chi connectivity index (χ1v) is 8.82. The number of benzene rings is 1. The number of nitrogens with one attached hydrogen (secondary N) is 2. The molecule has 5 heteroatoms. The van der Waals surface area contributed by atoms with Crippen LogP contribution >= 0.6 is 0 Å². The van der Waals surface area contributed by atoms with Gasteiger partial charge in [-0.15, -0.1) is 0 Å². The van der Waals surface area contributed by atoms with Crippen molar-refractivity contribution in [2.45, 2.75) is 52.4 Å². The standard InChI is InChI=1S/C19H26N2O3/c1-19(2)12-24-16-9-8-14(11-15(16)21-18(19)23)20-17(22)10-7-13-5-3-4-6-13/h8-9,11,13H,3-7,10,12H2,1-2H3,(H,20,22)(H,21,23). The minimum absolute atomic E-state index is 0.0306. The lowest BCUT2D eigenvalue weighted by Crippen LogP contribution is -2.33. The highest BCUT2D eigenvalue weighted by molar-refractivity contribution is 5.98. The van der Waals surface area contributed by atoms with Crippen molar-refractivity contribution in [1.29, 1.82) is 0 Å². The summed E-state index contributed by atoms with van der Waals surface area (Å²) < 4.78 is 5.71. The first-order chi connectivity index (χ1) is 11.4. The van der Waals surface area contributed by atoms with Gasteiger partial charge >= 0.3 is 0 Å². The van der Waals surface area contributed by atoms with Gasteiger partial charge in [-0.25, -0.2) is 0 Å². The topological polar surface area (TPSA) is 67.4 Å². The highest BCUT2D eigenvalue weighted by Crippen LogP contribution is 2.34. The second-order valence-corrected chi connectivity index (χ2v) is 7.57. The lowest BCUT2D eigenvalue weighted by atomic mass is 9.94. The highest BCUT2D eigenvalue weighted by atomic mass is 16.5. The van der Waals surface area contributed by atoms with Gasteiger partial charge in [-0.2, -0.15) is 0 Å². The predicted octanol–water partition coefficient (Wildman–Crippen LogP) is 3.95. The molecule has 1 saturated carbocycles. The molecule has 0 spiro atoms. The monoisotopic (exact) mass is 330 g/mol. The lowest BCUT2D eigenvalue weighted by Gasteiger charge is -2.18. The average Bonchev–Trinajstić information content (AvgIpc) is 3.02. The molecule has 130 valence electrons. The quantitative estimate of drug-likeness (QED) is 0.878. The first-order valence-electron chi connectivity index (χ1n) is 8.82. The van der Waals surface area contributed by atoms with E-state index < -0.39 is 5.41 Å². The molecule has 0 radical (unpaired) electrons. The van der Waals surface area contributed by atoms with E-state index in [0.29, 0.717) is 36.1 Å². The van der Waals surface area contributed by atoms with Gasteiger partial charge in [0.2, 0.25) is 11.8 Å². The van der Waals surface area contributed by atoms with Gasteiger partial charge < -0.3 is 15.4 Å². The highest BCUT2D eigenvalue weighted by Gasteiger charge is 2.32. The van der Waals surface area contributed by atoms with Crippen LogP contribution < -0.4 is 15.4 Å². The summed E-state index contributed by atoms with van der Waals surface area (Å²) in [6, 6.07) is 5.38. The largest absolute Gasteiger partial charge is 0.490 e. The summed E-state index contributed by atoms with van der Waals surface area (Å²) in [5, 5.41) is 5.81. The Labute approximate surface area is 143 Å². The van der Waals surface area contributed by atoms with Crippen LogP contribution in [0.4, 0.5) is 11.4 Å². The van der Waals surface area contributed by atoms with Crippen LogP contribution in [0.1, 0.15) is 52.4 Å². The molecule has 2 N–H and O–H groups in total. The number of anilines is 2. The molecule has 0 atom stereocenters. The van der Waals surface area contributed by atoms with Crippen LogP contribution in [-0.4, -0.2) is 18.4 Å². The zero-order valence-corrected chi connectivity index (χ0v) is 14.5. The van der Waals surface area contributed by atoms with Crippen molar-refractivity contribution in [3.8, 4) is 5.75 Å². The molecule has 1 heterocycles. The van der Waals surface area contributed by atoms with Crippen LogP contribution in [0.3, 0.4) is 0 Å². The molecule has 5 nitrogen and oxygen atoms in total. The Kier molecular flexibility index (Phi) is 4.78. The molecule has 0 bridgehead atoms. The molecule has 24 heavy (non-hydrogen) atoms. The third-order valence-corrected chi connectivity index (χ3v) is 4.97. The van der Waals surface area contributed by atoms with Crippen molar-refractivity contribution >= 4 is 23.2 Å². The van der Waals surface area contributed by atoms with E-state index in [4.69, 9.17) is 4.74 Å². The minimum atomic E-state index is -0.580. The Balaban J connectivity index is 1.61. The maximum Gasteiger partial charge on any atom is 0.233 e. The van der Waals surface area contributed by atoms with Crippen LogP contribution in [0.5, 0.6) is 5.75 Å². The van der Waals surface area contributed by atoms with E-state index in [1.165, 1.54) is 25.7 Å². The Morgan fingerprint density at radius 1 is 1.33 bits per heavy atom. The van der Waals surface area contributed by atoms with Crippen molar-refractivity contribution in [2.24, 2.45) is 11.3 Å². The smallest absolute Gasteiger partial charge is 0.233 e. The molecule has 2 amide bonds. The van der Waals surface area contributed by atoms with Gasteiger partial charge in [-0.1, -0.05) is 25.7 Å². The Morgan fingerprint density at radius 3 is 2.83 bits per heavy atom. The summed E-state index contributed by atoms with van der Waals surface area (Å²) in [4.78, 5) is 24.3. The van der Waals surface area contributed by atoms with Gasteiger partial charge in [0.1, 0.15) is 12.4 Å². The first kappa shape index (κ1) is 16.8. The van der Waals surface area contributed by atoms with E-state index in [9.17, 15) is 9.59 Å². The predicted molar refractivity (Wildman–Crippen MR) is 94.2 cm³/mol. The van der Waals surface area contributed by atoms with E-state index in [0.717, 1.165) is 6.42 Å². The van der Waals surface area contributed by atoms with E-state index in [2.05, 4.69) is 10.6 Å². The SMILES string of the molecule is CC1(C)COc2ccc(NC(=O)CCC3CCCC3)cc2NC1=O. The van der Waals surface area contributed by atoms with Gasteiger partial charge in [-0.05, 0) is 44.4 Å². The Morgan fingerprint density at radius 2 is 2.08 bits per heavy atom. The van der Waals surface area contributed by atoms with Crippen LogP contribution in [0, 0.1) is 11.3 Å². The van der Waals surface area contributed by atoms with Gasteiger partial charge in [0, 0.05) is 12.1 Å². The molecule has 1 aromatic rings. The molecule has 1 aliphatic heterocycles. The fourth-order valence-electron chi connectivity index (χ4n) is 3.30. The number of rotatable bonds is 4. The van der Waals surface area contributed by atoms with Crippen molar-refractivity contribution < 1.29 is 14.3 Å². The number of amides is 2. The molecule has 1 aromatic carbocycles. The van der Waals surface area contributed by atoms with Gasteiger partial charge in [-0.3, -0.25) is 9.59 Å². The minimum Gasteiger partial charge on any atom is -0.490 e. The molecule has 3 rings (SSSR count). The zero-order valence-electron chi connectivity index (χ0n) is 14.5. The number of fused-ring (bicyclic) bond motifs is 1. The number of hydrogen-bond acceptors (Lipinski definition) is 3. The van der Waals surface area contributed by atoms with Crippen molar-refractivity contribution in [3.63, 3.8) is 0 Å². The van der Waals surface area contributed by atoms with Gasteiger partial charge in [0.05, 0.1) is 11.1 Å². The fourth-order valence-corrected chi connectivity index (χ4v) is 3.30. The van der Waals surface area contributed by atoms with E-state index in [1.54, 1.807) is 12.1 Å². The third-order valence-electron chi connectivity index (χ3n) is 4.97. The summed E-state index contributed by atoms with van der Waals surface area (Å²) in [6.45, 7) is 4.03. The molecule has 1 aliphatic carbocycles. The molecule has 2 aliphatic rings.